The van der Waals surface area contributed by atoms with Gasteiger partial charge < -0.3 is 5.11 Å². The molecule has 0 aromatic heterocycles. The highest BCUT2D eigenvalue weighted by Gasteiger charge is 2.27. The summed E-state index contributed by atoms with van der Waals surface area (Å²) in [6, 6.07) is 0. The number of rotatable bonds is 16. The van der Waals surface area contributed by atoms with E-state index < -0.39 is 10.7 Å². The van der Waals surface area contributed by atoms with Crippen molar-refractivity contribution in [2.45, 2.75) is 89.7 Å². The van der Waals surface area contributed by atoms with Gasteiger partial charge in [-0.05, 0) is 20.3 Å². The zero-order valence-electron chi connectivity index (χ0n) is 14.6. The molecule has 0 aliphatic rings. The Balaban J connectivity index is 3.16. The first kappa shape index (κ1) is 22.5. The molecule has 0 fully saturated rings. The lowest BCUT2D eigenvalue weighted by atomic mass is 10.1. The predicted molar refractivity (Wildman–Crippen MR) is 106 cm³/mol. The zero-order chi connectivity index (χ0) is 16.7. The van der Waals surface area contributed by atoms with Crippen LogP contribution in [0.3, 0.4) is 0 Å². The summed E-state index contributed by atoms with van der Waals surface area (Å²) in [6.07, 6.45) is 13.8. The maximum absolute atomic E-state index is 10.9. The zero-order valence-corrected chi connectivity index (χ0v) is 17.0. The maximum Gasteiger partial charge on any atom is 0.319 e. The normalized spacial score (nSPS) is 11.8. The Morgan fingerprint density at radius 1 is 0.864 bits per heavy atom. The fourth-order valence-electron chi connectivity index (χ4n) is 1.97. The van der Waals surface area contributed by atoms with Crippen molar-refractivity contribution in [3.05, 3.63) is 0 Å². The van der Waals surface area contributed by atoms with Crippen LogP contribution in [0.2, 0.25) is 0 Å². The van der Waals surface area contributed by atoms with Gasteiger partial charge in [0.2, 0.25) is 0 Å². The van der Waals surface area contributed by atoms with Crippen molar-refractivity contribution in [1.82, 2.24) is 0 Å². The fourth-order valence-corrected chi connectivity index (χ4v) is 5.93. The average molecular weight is 367 g/mol. The van der Waals surface area contributed by atoms with Crippen LogP contribution in [0.1, 0.15) is 85.0 Å². The smallest absolute Gasteiger partial charge is 0.319 e. The molecule has 0 saturated heterocycles. The van der Waals surface area contributed by atoms with Crippen LogP contribution < -0.4 is 0 Å². The van der Waals surface area contributed by atoms with E-state index in [-0.39, 0.29) is 0 Å². The molecule has 5 heteroatoms. The van der Waals surface area contributed by atoms with E-state index in [1.54, 1.807) is 24.6 Å². The van der Waals surface area contributed by atoms with E-state index in [1.165, 1.54) is 81.7 Å². The summed E-state index contributed by atoms with van der Waals surface area (Å²) in [5.74, 6) is 0.465. The molecule has 22 heavy (non-hydrogen) atoms. The van der Waals surface area contributed by atoms with Gasteiger partial charge in [-0.25, -0.2) is 0 Å². The molecule has 1 N–H and O–H groups in total. The first-order valence-electron chi connectivity index (χ1n) is 8.62. The quantitative estimate of drug-likeness (QED) is 0.184. The summed E-state index contributed by atoms with van der Waals surface area (Å²) in [7, 11) is 3.68. The summed E-state index contributed by atoms with van der Waals surface area (Å²) in [5, 5.41) is 9.86. The van der Waals surface area contributed by atoms with Gasteiger partial charge in [-0.15, -0.1) is 11.8 Å². The lowest BCUT2D eigenvalue weighted by Gasteiger charge is -2.17. The monoisotopic (exact) mass is 366 g/mol. The predicted octanol–water partition coefficient (Wildman–Crippen LogP) is 6.84. The van der Waals surface area contributed by atoms with Crippen molar-refractivity contribution in [2.24, 2.45) is 0 Å². The molecule has 0 amide bonds. The van der Waals surface area contributed by atoms with E-state index in [0.29, 0.717) is 0 Å². The Morgan fingerprint density at radius 2 is 1.36 bits per heavy atom. The van der Waals surface area contributed by atoms with Crippen molar-refractivity contribution in [3.63, 3.8) is 0 Å². The van der Waals surface area contributed by atoms with Crippen LogP contribution in [0.4, 0.5) is 0 Å². The van der Waals surface area contributed by atoms with Crippen LogP contribution in [0, 0.1) is 0 Å². The second-order valence-electron chi connectivity index (χ2n) is 6.20. The second kappa shape index (κ2) is 15.1. The number of carboxylic acids is 1. The molecule has 132 valence electrons. The molecule has 0 heterocycles. The van der Waals surface area contributed by atoms with Gasteiger partial charge in [-0.3, -0.25) is 4.79 Å². The van der Waals surface area contributed by atoms with Crippen LogP contribution in [0.15, 0.2) is 0 Å². The van der Waals surface area contributed by atoms with Gasteiger partial charge in [0.1, 0.15) is 4.75 Å². The van der Waals surface area contributed by atoms with Gasteiger partial charge in [0.05, 0.1) is 5.08 Å². The Hall–Kier alpha value is 0.520. The number of hydrogen-bond acceptors (Lipinski definition) is 4. The molecule has 0 aliphatic carbocycles. The Bertz CT molecular complexity index is 271. The van der Waals surface area contributed by atoms with Crippen molar-refractivity contribution in [2.75, 3.05) is 10.8 Å². The standard InChI is InChI=1S/C17H34O2S3/c1-4-5-6-7-8-9-10-11-12-13-14-21-22-15-20-17(2,3)16(18)19/h4-15H2,1-3H3,(H,18,19). The third-order valence-corrected chi connectivity index (χ3v) is 7.89. The highest BCUT2D eigenvalue weighted by molar-refractivity contribution is 8.78. The molecule has 2 nitrogen and oxygen atoms in total. The molecule has 0 spiro atoms. The van der Waals surface area contributed by atoms with E-state index in [2.05, 4.69) is 6.92 Å². The third-order valence-electron chi connectivity index (χ3n) is 3.65. The topological polar surface area (TPSA) is 37.3 Å². The van der Waals surface area contributed by atoms with Gasteiger partial charge in [0.25, 0.3) is 0 Å². The largest absolute Gasteiger partial charge is 0.480 e. The van der Waals surface area contributed by atoms with Crippen molar-refractivity contribution < 1.29 is 9.90 Å². The lowest BCUT2D eigenvalue weighted by molar-refractivity contribution is -0.138. The van der Waals surface area contributed by atoms with E-state index in [0.717, 1.165) is 5.08 Å². The molecule has 0 saturated carbocycles. The van der Waals surface area contributed by atoms with Gasteiger partial charge in [0.15, 0.2) is 0 Å². The maximum atomic E-state index is 10.9. The first-order valence-corrected chi connectivity index (χ1v) is 12.1. The van der Waals surface area contributed by atoms with E-state index in [9.17, 15) is 4.79 Å². The van der Waals surface area contributed by atoms with E-state index >= 15 is 0 Å². The molecule has 0 atom stereocenters. The number of carbonyl (C=O) groups is 1. The van der Waals surface area contributed by atoms with Crippen molar-refractivity contribution in [1.29, 1.82) is 0 Å². The highest BCUT2D eigenvalue weighted by atomic mass is 33.1. The molecule has 0 radical (unpaired) electrons. The third kappa shape index (κ3) is 14.1. The molecule has 0 unspecified atom stereocenters. The molecule has 0 aliphatic heterocycles. The van der Waals surface area contributed by atoms with Crippen molar-refractivity contribution in [3.8, 4) is 0 Å². The molecule has 0 rings (SSSR count). The number of aliphatic carboxylic acids is 1. The van der Waals surface area contributed by atoms with E-state index in [4.69, 9.17) is 5.11 Å². The summed E-state index contributed by atoms with van der Waals surface area (Å²) < 4.78 is -0.662. The Labute approximate surface area is 149 Å². The van der Waals surface area contributed by atoms with Gasteiger partial charge >= 0.3 is 5.97 Å². The van der Waals surface area contributed by atoms with Crippen LogP contribution >= 0.6 is 33.3 Å². The number of unbranched alkanes of at least 4 members (excludes halogenated alkanes) is 9. The summed E-state index contributed by atoms with van der Waals surface area (Å²) in [4.78, 5) is 10.9. The van der Waals surface area contributed by atoms with Crippen LogP contribution in [0.5, 0.6) is 0 Å². The minimum atomic E-state index is -0.724. The minimum Gasteiger partial charge on any atom is -0.480 e. The SMILES string of the molecule is CCCCCCCCCCCCSSCSC(C)(C)C(=O)O. The van der Waals surface area contributed by atoms with Gasteiger partial charge in [-0.2, -0.15) is 0 Å². The number of hydrogen-bond donors (Lipinski definition) is 1. The number of thioether (sulfide) groups is 1. The average Bonchev–Trinajstić information content (AvgIpc) is 2.47. The molecular formula is C17H34O2S3. The Kier molecular flexibility index (Phi) is 15.4. The molecule has 0 aromatic rings. The van der Waals surface area contributed by atoms with Crippen LogP contribution in [-0.2, 0) is 4.79 Å². The fraction of sp³-hybridized carbons (Fsp3) is 0.941. The van der Waals surface area contributed by atoms with E-state index in [1.807, 2.05) is 10.8 Å². The highest BCUT2D eigenvalue weighted by Crippen LogP contribution is 2.33. The van der Waals surface area contributed by atoms with Gasteiger partial charge in [0, 0.05) is 5.75 Å². The summed E-state index contributed by atoms with van der Waals surface area (Å²) in [5.41, 5.74) is 0. The second-order valence-corrected chi connectivity index (χ2v) is 10.7. The minimum absolute atomic E-state index is 0.662. The molecule has 0 bridgehead atoms. The lowest BCUT2D eigenvalue weighted by Crippen LogP contribution is -2.27. The van der Waals surface area contributed by atoms with Gasteiger partial charge in [-0.1, -0.05) is 86.3 Å². The molecule has 0 aromatic carbocycles. The summed E-state index contributed by atoms with van der Waals surface area (Å²) in [6.45, 7) is 5.81. The van der Waals surface area contributed by atoms with Crippen molar-refractivity contribution >= 4 is 39.3 Å². The number of carboxylic acid groups (broad SMARTS) is 1. The molecular weight excluding hydrogens is 332 g/mol. The van der Waals surface area contributed by atoms with Crippen LogP contribution in [-0.4, -0.2) is 26.7 Å². The summed E-state index contributed by atoms with van der Waals surface area (Å²) >= 11 is 1.51. The Morgan fingerprint density at radius 3 is 1.86 bits per heavy atom. The first-order chi connectivity index (χ1) is 10.5. The van der Waals surface area contributed by atoms with Crippen LogP contribution in [0.25, 0.3) is 0 Å².